The van der Waals surface area contributed by atoms with E-state index in [0.717, 1.165) is 44.9 Å². The lowest BCUT2D eigenvalue weighted by Gasteiger charge is -2.20. The standard InChI is InChI=1S/C42H74NO11P/c1-3-5-7-9-11-12-13-14-15-16-19-23-27-31-40(44)50-33-36(34-51-55(48,49)52-35-37(43)42(46)47)53-41(45)32-28-24-20-17-18-22-26-30-39-38(54-39)29-25-21-10-8-6-4-2/h17,20-22,25-26,36-39H,3-16,18-19,23-24,27-35,43H2,1-2H3,(H,46,47)(H,48,49)/b20-17-,25-21-,26-22-. The Kier molecular flexibility index (Phi) is 31.1. The van der Waals surface area contributed by atoms with Gasteiger partial charge in [-0.25, -0.2) is 4.57 Å². The molecule has 0 bridgehead atoms. The molecule has 1 fully saturated rings. The lowest BCUT2D eigenvalue weighted by Crippen LogP contribution is -2.34. The van der Waals surface area contributed by atoms with Crippen LogP contribution in [-0.2, 0) is 42.2 Å². The molecule has 5 atom stereocenters. The predicted molar refractivity (Wildman–Crippen MR) is 216 cm³/mol. The van der Waals surface area contributed by atoms with Crippen LogP contribution in [0.15, 0.2) is 36.5 Å². The Labute approximate surface area is 331 Å². The van der Waals surface area contributed by atoms with E-state index in [-0.39, 0.29) is 19.4 Å². The number of allylic oxidation sites excluding steroid dienone is 4. The van der Waals surface area contributed by atoms with Crippen molar-refractivity contribution in [1.82, 2.24) is 0 Å². The summed E-state index contributed by atoms with van der Waals surface area (Å²) in [7, 11) is -4.73. The van der Waals surface area contributed by atoms with Crippen molar-refractivity contribution in [2.45, 2.75) is 192 Å². The number of aliphatic carboxylic acids is 1. The van der Waals surface area contributed by atoms with E-state index in [1.165, 1.54) is 77.0 Å². The van der Waals surface area contributed by atoms with Crippen molar-refractivity contribution in [3.05, 3.63) is 36.5 Å². The van der Waals surface area contributed by atoms with Crippen molar-refractivity contribution in [1.29, 1.82) is 0 Å². The number of carbonyl (C=O) groups is 3. The fourth-order valence-electron chi connectivity index (χ4n) is 5.80. The summed E-state index contributed by atoms with van der Waals surface area (Å²) in [5, 5.41) is 8.88. The van der Waals surface area contributed by atoms with Crippen LogP contribution in [0.5, 0.6) is 0 Å². The zero-order valence-electron chi connectivity index (χ0n) is 34.0. The SMILES string of the molecule is CCCCC/C=C\CC1OC1C/C=C\C/C=C\CCCC(=O)OC(COC(=O)CCCCCCCCCCCCCCC)COP(=O)(O)OCC(N)C(=O)O. The van der Waals surface area contributed by atoms with Crippen LogP contribution in [0.2, 0.25) is 0 Å². The number of carbonyl (C=O) groups excluding carboxylic acids is 2. The fraction of sp³-hybridized carbons (Fsp3) is 0.786. The second-order valence-corrected chi connectivity index (χ2v) is 16.0. The summed E-state index contributed by atoms with van der Waals surface area (Å²) in [6.45, 7) is 2.70. The van der Waals surface area contributed by atoms with Gasteiger partial charge in [0.15, 0.2) is 6.10 Å². The van der Waals surface area contributed by atoms with Gasteiger partial charge in [-0.1, -0.05) is 140 Å². The van der Waals surface area contributed by atoms with Gasteiger partial charge in [0.2, 0.25) is 0 Å². The molecule has 13 heteroatoms. The quantitative estimate of drug-likeness (QED) is 0.0177. The summed E-state index contributed by atoms with van der Waals surface area (Å²) in [5.41, 5.74) is 5.32. The average Bonchev–Trinajstić information content (AvgIpc) is 3.92. The number of nitrogens with two attached hydrogens (primary N) is 1. The van der Waals surface area contributed by atoms with Gasteiger partial charge in [0.05, 0.1) is 25.4 Å². The lowest BCUT2D eigenvalue weighted by molar-refractivity contribution is -0.161. The van der Waals surface area contributed by atoms with Gasteiger partial charge in [0.1, 0.15) is 12.6 Å². The Morgan fingerprint density at radius 1 is 0.655 bits per heavy atom. The molecule has 0 saturated carbocycles. The summed E-state index contributed by atoms with van der Waals surface area (Å²) in [4.78, 5) is 45.9. The zero-order chi connectivity index (χ0) is 40.4. The van der Waals surface area contributed by atoms with Crippen molar-refractivity contribution < 1.29 is 52.2 Å². The van der Waals surface area contributed by atoms with Gasteiger partial charge in [-0.3, -0.25) is 23.4 Å². The first-order chi connectivity index (χ1) is 26.6. The first-order valence-corrected chi connectivity index (χ1v) is 22.6. The number of phosphoric ester groups is 1. The average molecular weight is 800 g/mol. The molecule has 0 radical (unpaired) electrons. The fourth-order valence-corrected chi connectivity index (χ4v) is 6.58. The number of hydrogen-bond acceptors (Lipinski definition) is 10. The maximum atomic E-state index is 12.6. The Hall–Kier alpha value is -2.34. The molecule has 0 aromatic heterocycles. The molecule has 12 nitrogen and oxygen atoms in total. The highest BCUT2D eigenvalue weighted by Gasteiger charge is 2.36. The molecule has 0 spiro atoms. The van der Waals surface area contributed by atoms with E-state index in [1.807, 2.05) is 12.2 Å². The number of ether oxygens (including phenoxy) is 3. The minimum Gasteiger partial charge on any atom is -0.480 e. The Morgan fingerprint density at radius 3 is 1.76 bits per heavy atom. The number of carboxylic acids is 1. The van der Waals surface area contributed by atoms with Crippen LogP contribution in [0.4, 0.5) is 0 Å². The Bertz CT molecular complexity index is 1140. The van der Waals surface area contributed by atoms with Crippen LogP contribution in [0.25, 0.3) is 0 Å². The molecule has 0 amide bonds. The molecule has 4 N–H and O–H groups in total. The molecular weight excluding hydrogens is 725 g/mol. The van der Waals surface area contributed by atoms with E-state index >= 15 is 0 Å². The van der Waals surface area contributed by atoms with Crippen molar-refractivity contribution in [2.75, 3.05) is 19.8 Å². The number of hydrogen-bond donors (Lipinski definition) is 3. The zero-order valence-corrected chi connectivity index (χ0v) is 34.9. The maximum absolute atomic E-state index is 12.6. The molecule has 1 rings (SSSR count). The van der Waals surface area contributed by atoms with Gasteiger partial charge in [-0.15, -0.1) is 0 Å². The van der Waals surface area contributed by atoms with E-state index in [0.29, 0.717) is 31.5 Å². The van der Waals surface area contributed by atoms with Gasteiger partial charge < -0.3 is 29.9 Å². The van der Waals surface area contributed by atoms with Gasteiger partial charge in [-0.05, 0) is 51.4 Å². The molecule has 0 aliphatic carbocycles. The van der Waals surface area contributed by atoms with E-state index in [9.17, 15) is 23.8 Å². The smallest absolute Gasteiger partial charge is 0.472 e. The van der Waals surface area contributed by atoms with E-state index in [1.54, 1.807) is 0 Å². The first-order valence-electron chi connectivity index (χ1n) is 21.1. The number of rotatable bonds is 38. The van der Waals surface area contributed by atoms with Gasteiger partial charge in [0, 0.05) is 12.8 Å². The van der Waals surface area contributed by atoms with E-state index in [2.05, 4.69) is 42.7 Å². The summed E-state index contributed by atoms with van der Waals surface area (Å²) in [6, 6.07) is -1.53. The van der Waals surface area contributed by atoms with Gasteiger partial charge in [0.25, 0.3) is 0 Å². The Balaban J connectivity index is 2.34. The third-order valence-corrected chi connectivity index (χ3v) is 10.2. The Morgan fingerprint density at radius 2 is 1.15 bits per heavy atom. The van der Waals surface area contributed by atoms with Crippen molar-refractivity contribution >= 4 is 25.7 Å². The highest BCUT2D eigenvalue weighted by molar-refractivity contribution is 7.47. The second-order valence-electron chi connectivity index (χ2n) is 14.5. The third-order valence-electron chi connectivity index (χ3n) is 9.29. The monoisotopic (exact) mass is 799 g/mol. The van der Waals surface area contributed by atoms with Crippen molar-refractivity contribution in [3.63, 3.8) is 0 Å². The number of unbranched alkanes of at least 4 members (excludes halogenated alkanes) is 16. The minimum absolute atomic E-state index is 0.0811. The highest BCUT2D eigenvalue weighted by Crippen LogP contribution is 2.43. The molecule has 1 saturated heterocycles. The molecule has 1 aliphatic heterocycles. The van der Waals surface area contributed by atoms with Crippen LogP contribution < -0.4 is 5.73 Å². The van der Waals surface area contributed by atoms with Crippen LogP contribution in [-0.4, -0.2) is 72.1 Å². The molecular formula is C42H74NO11P. The summed E-state index contributed by atoms with van der Waals surface area (Å²) in [6.07, 6.45) is 36.7. The number of phosphoric acid groups is 1. The summed E-state index contributed by atoms with van der Waals surface area (Å²) in [5.74, 6) is -2.46. The van der Waals surface area contributed by atoms with Gasteiger partial charge >= 0.3 is 25.7 Å². The number of epoxide rings is 1. The largest absolute Gasteiger partial charge is 0.480 e. The highest BCUT2D eigenvalue weighted by atomic mass is 31.2. The summed E-state index contributed by atoms with van der Waals surface area (Å²) >= 11 is 0. The number of esters is 2. The minimum atomic E-state index is -4.73. The second kappa shape index (κ2) is 33.8. The van der Waals surface area contributed by atoms with Crippen molar-refractivity contribution in [2.24, 2.45) is 5.73 Å². The molecule has 5 unspecified atom stereocenters. The van der Waals surface area contributed by atoms with Crippen LogP contribution in [0.3, 0.4) is 0 Å². The van der Waals surface area contributed by atoms with Crippen LogP contribution >= 0.6 is 7.82 Å². The lowest BCUT2D eigenvalue weighted by atomic mass is 10.0. The van der Waals surface area contributed by atoms with Crippen molar-refractivity contribution in [3.8, 4) is 0 Å². The topological polar surface area (TPSA) is 184 Å². The third kappa shape index (κ3) is 31.4. The molecule has 55 heavy (non-hydrogen) atoms. The first kappa shape index (κ1) is 50.7. The number of carboxylic acid groups (broad SMARTS) is 1. The summed E-state index contributed by atoms with van der Waals surface area (Å²) < 4.78 is 38.3. The molecule has 318 valence electrons. The van der Waals surface area contributed by atoms with E-state index in [4.69, 9.17) is 29.6 Å². The molecule has 0 aromatic carbocycles. The molecule has 1 aliphatic rings. The molecule has 1 heterocycles. The van der Waals surface area contributed by atoms with Gasteiger partial charge in [-0.2, -0.15) is 0 Å². The van der Waals surface area contributed by atoms with Crippen LogP contribution in [0, 0.1) is 0 Å². The maximum Gasteiger partial charge on any atom is 0.472 e. The van der Waals surface area contributed by atoms with Crippen LogP contribution in [0.1, 0.15) is 168 Å². The predicted octanol–water partition coefficient (Wildman–Crippen LogP) is 9.83. The van der Waals surface area contributed by atoms with E-state index < -0.39 is 51.1 Å². The normalized spacial score (nSPS) is 17.8. The molecule has 0 aromatic rings.